The van der Waals surface area contributed by atoms with Crippen molar-refractivity contribution in [3.63, 3.8) is 0 Å². The molecular formula is C60H37N3. The van der Waals surface area contributed by atoms with Crippen molar-refractivity contribution in [1.82, 2.24) is 13.7 Å². The first-order valence-corrected chi connectivity index (χ1v) is 21.8. The summed E-state index contributed by atoms with van der Waals surface area (Å²) in [5.41, 5.74) is 20.5. The molecule has 63 heavy (non-hydrogen) atoms. The van der Waals surface area contributed by atoms with Crippen LogP contribution in [0, 0.1) is 0 Å². The molecule has 0 N–H and O–H groups in total. The van der Waals surface area contributed by atoms with Gasteiger partial charge in [0.05, 0.1) is 38.8 Å². The molecule has 3 aromatic heterocycles. The van der Waals surface area contributed by atoms with E-state index < -0.39 is 0 Å². The van der Waals surface area contributed by atoms with Crippen molar-refractivity contribution in [2.45, 2.75) is 0 Å². The lowest BCUT2D eigenvalue weighted by molar-refractivity contribution is 1.17. The van der Waals surface area contributed by atoms with E-state index in [-0.39, 0.29) is 0 Å². The van der Waals surface area contributed by atoms with Crippen molar-refractivity contribution < 1.29 is 0 Å². The molecule has 0 atom stereocenters. The highest BCUT2D eigenvalue weighted by Crippen LogP contribution is 2.51. The van der Waals surface area contributed by atoms with E-state index in [9.17, 15) is 0 Å². The van der Waals surface area contributed by atoms with Crippen molar-refractivity contribution >= 4 is 65.4 Å². The molecule has 0 radical (unpaired) electrons. The first kappa shape index (κ1) is 34.3. The summed E-state index contributed by atoms with van der Waals surface area (Å²) < 4.78 is 7.35. The van der Waals surface area contributed by atoms with Gasteiger partial charge < -0.3 is 13.7 Å². The lowest BCUT2D eigenvalue weighted by Crippen LogP contribution is -2.03. The van der Waals surface area contributed by atoms with Gasteiger partial charge in [0.2, 0.25) is 0 Å². The third-order valence-electron chi connectivity index (χ3n) is 13.6. The molecule has 0 amide bonds. The normalized spacial score (nSPS) is 12.1. The second-order valence-corrected chi connectivity index (χ2v) is 16.8. The van der Waals surface area contributed by atoms with Crippen LogP contribution in [0.3, 0.4) is 0 Å². The van der Waals surface area contributed by atoms with Crippen LogP contribution >= 0.6 is 0 Å². The summed E-state index contributed by atoms with van der Waals surface area (Å²) in [4.78, 5) is 0. The predicted octanol–water partition coefficient (Wildman–Crippen LogP) is 16.0. The molecule has 0 saturated heterocycles. The van der Waals surface area contributed by atoms with Crippen LogP contribution in [0.4, 0.5) is 0 Å². The molecular weight excluding hydrogens is 763 g/mol. The molecule has 292 valence electrons. The zero-order chi connectivity index (χ0) is 41.2. The zero-order valence-corrected chi connectivity index (χ0v) is 34.2. The fourth-order valence-electron chi connectivity index (χ4n) is 11.0. The van der Waals surface area contributed by atoms with Crippen molar-refractivity contribution in [1.29, 1.82) is 0 Å². The van der Waals surface area contributed by atoms with E-state index in [1.54, 1.807) is 0 Å². The van der Waals surface area contributed by atoms with Gasteiger partial charge >= 0.3 is 0 Å². The van der Waals surface area contributed by atoms with E-state index >= 15 is 0 Å². The first-order valence-electron chi connectivity index (χ1n) is 21.8. The average Bonchev–Trinajstić information content (AvgIpc) is 3.99. The van der Waals surface area contributed by atoms with Crippen molar-refractivity contribution in [2.75, 3.05) is 0 Å². The van der Waals surface area contributed by atoms with Crippen LogP contribution in [-0.2, 0) is 0 Å². The Labute approximate surface area is 363 Å². The Morgan fingerprint density at radius 1 is 0.206 bits per heavy atom. The Morgan fingerprint density at radius 2 is 0.571 bits per heavy atom. The van der Waals surface area contributed by atoms with Gasteiger partial charge in [-0.2, -0.15) is 0 Å². The smallest absolute Gasteiger partial charge is 0.0547 e. The summed E-state index contributed by atoms with van der Waals surface area (Å²) in [6.45, 7) is 0. The van der Waals surface area contributed by atoms with Gasteiger partial charge in [-0.1, -0.05) is 158 Å². The SMILES string of the molecule is c1ccc2c(c1)-c1cc(-n3c4ccccc4c4cc(-n5c6ccccc6c6ccccc65)ccc43)ccc1-c1ccccc1-c1c-2cccc1-n1c2ccccc2c2ccccc21. The van der Waals surface area contributed by atoms with Crippen molar-refractivity contribution in [3.05, 3.63) is 224 Å². The monoisotopic (exact) mass is 799 g/mol. The van der Waals surface area contributed by atoms with Gasteiger partial charge in [0.15, 0.2) is 0 Å². The highest BCUT2D eigenvalue weighted by Gasteiger charge is 2.26. The maximum atomic E-state index is 2.48. The van der Waals surface area contributed by atoms with Gasteiger partial charge in [0, 0.05) is 49.3 Å². The predicted molar refractivity (Wildman–Crippen MR) is 265 cm³/mol. The van der Waals surface area contributed by atoms with E-state index in [2.05, 4.69) is 238 Å². The molecule has 14 rings (SSSR count). The number of rotatable bonds is 3. The van der Waals surface area contributed by atoms with Crippen LogP contribution in [0.25, 0.3) is 127 Å². The molecule has 0 spiro atoms. The molecule has 0 aliphatic heterocycles. The van der Waals surface area contributed by atoms with Crippen LogP contribution in [0.2, 0.25) is 0 Å². The number of hydrogen-bond donors (Lipinski definition) is 0. The van der Waals surface area contributed by atoms with Crippen molar-refractivity contribution in [3.8, 4) is 61.6 Å². The van der Waals surface area contributed by atoms with Crippen LogP contribution < -0.4 is 0 Å². The van der Waals surface area contributed by atoms with E-state index in [1.165, 1.54) is 116 Å². The number of para-hydroxylation sites is 5. The first-order chi connectivity index (χ1) is 31.3. The van der Waals surface area contributed by atoms with E-state index in [0.717, 1.165) is 11.4 Å². The molecule has 3 nitrogen and oxygen atoms in total. The maximum absolute atomic E-state index is 2.48. The molecule has 13 aromatic rings. The van der Waals surface area contributed by atoms with Gasteiger partial charge in [0.1, 0.15) is 0 Å². The topological polar surface area (TPSA) is 14.8 Å². The summed E-state index contributed by atoms with van der Waals surface area (Å²) >= 11 is 0. The lowest BCUT2D eigenvalue weighted by Gasteiger charge is -2.26. The van der Waals surface area contributed by atoms with Crippen molar-refractivity contribution in [2.24, 2.45) is 0 Å². The number of fused-ring (bicyclic) bond motifs is 17. The average molecular weight is 800 g/mol. The minimum Gasteiger partial charge on any atom is -0.309 e. The molecule has 3 heteroatoms. The van der Waals surface area contributed by atoms with Crippen LogP contribution in [-0.4, -0.2) is 13.7 Å². The number of aromatic nitrogens is 3. The van der Waals surface area contributed by atoms with Gasteiger partial charge in [-0.3, -0.25) is 0 Å². The fraction of sp³-hybridized carbons (Fsp3) is 0. The summed E-state index contributed by atoms with van der Waals surface area (Å²) in [7, 11) is 0. The molecule has 0 saturated carbocycles. The van der Waals surface area contributed by atoms with Crippen LogP contribution in [0.1, 0.15) is 0 Å². The highest BCUT2D eigenvalue weighted by molar-refractivity contribution is 6.14. The highest BCUT2D eigenvalue weighted by atomic mass is 15.0. The molecule has 0 unspecified atom stereocenters. The second kappa shape index (κ2) is 13.1. The minimum absolute atomic E-state index is 1.14. The van der Waals surface area contributed by atoms with Gasteiger partial charge in [-0.25, -0.2) is 0 Å². The minimum atomic E-state index is 1.14. The molecule has 1 aliphatic rings. The molecule has 10 aromatic carbocycles. The third kappa shape index (κ3) is 4.79. The number of benzene rings is 10. The Bertz CT molecular complexity index is 3930. The maximum Gasteiger partial charge on any atom is 0.0547 e. The summed E-state index contributed by atoms with van der Waals surface area (Å²) in [5.74, 6) is 0. The van der Waals surface area contributed by atoms with E-state index in [0.29, 0.717) is 0 Å². The fourth-order valence-corrected chi connectivity index (χ4v) is 11.0. The quantitative estimate of drug-likeness (QED) is 0.169. The van der Waals surface area contributed by atoms with Gasteiger partial charge in [-0.15, -0.1) is 0 Å². The molecule has 3 heterocycles. The molecule has 0 bridgehead atoms. The van der Waals surface area contributed by atoms with Gasteiger partial charge in [-0.05, 0) is 106 Å². The Morgan fingerprint density at radius 3 is 1.13 bits per heavy atom. The number of hydrogen-bond acceptors (Lipinski definition) is 0. The van der Waals surface area contributed by atoms with Crippen LogP contribution in [0.5, 0.6) is 0 Å². The third-order valence-corrected chi connectivity index (χ3v) is 13.6. The van der Waals surface area contributed by atoms with Crippen LogP contribution in [0.15, 0.2) is 224 Å². The second-order valence-electron chi connectivity index (χ2n) is 16.8. The summed E-state index contributed by atoms with van der Waals surface area (Å²) in [6, 6.07) is 83.0. The number of nitrogens with zero attached hydrogens (tertiary/aromatic N) is 3. The lowest BCUT2D eigenvalue weighted by atomic mass is 9.80. The summed E-state index contributed by atoms with van der Waals surface area (Å²) in [6.07, 6.45) is 0. The Hall–Kier alpha value is -8.40. The molecule has 0 fully saturated rings. The van der Waals surface area contributed by atoms with Gasteiger partial charge in [0.25, 0.3) is 0 Å². The molecule has 1 aliphatic carbocycles. The Kier molecular flexibility index (Phi) is 7.11. The largest absolute Gasteiger partial charge is 0.309 e. The van der Waals surface area contributed by atoms with E-state index in [1.807, 2.05) is 0 Å². The Balaban J connectivity index is 1.01. The standard InChI is InChI=1S/C60H37N3/c1-2-18-42-40(16-1)50-25-15-31-59(63-56-29-13-7-21-46(56)47-22-8-14-30-57(47)63)60(50)49-24-4-3-17-41(49)43-34-32-38(36-51(42)43)62-55-28-12-9-23-48(55)52-37-39(33-35-58(52)62)61-53-26-10-5-19-44(53)45-20-6-11-27-54(45)61/h1-37H. The summed E-state index contributed by atoms with van der Waals surface area (Å²) in [5, 5.41) is 7.52. The van der Waals surface area contributed by atoms with E-state index in [4.69, 9.17) is 0 Å². The zero-order valence-electron chi connectivity index (χ0n) is 34.2.